The summed E-state index contributed by atoms with van der Waals surface area (Å²) in [5.41, 5.74) is 0. The number of ether oxygens (including phenoxy) is 6. The van der Waals surface area contributed by atoms with Crippen molar-refractivity contribution in [1.29, 1.82) is 0 Å². The molecule has 190 valence electrons. The zero-order valence-electron chi connectivity index (χ0n) is 20.3. The summed E-state index contributed by atoms with van der Waals surface area (Å²) in [6.45, 7) is 7.02. The highest BCUT2D eigenvalue weighted by molar-refractivity contribution is 5.79. The predicted molar refractivity (Wildman–Crippen MR) is 116 cm³/mol. The Balaban J connectivity index is 3.27. The van der Waals surface area contributed by atoms with Crippen LogP contribution < -0.4 is 0 Å². The summed E-state index contributed by atoms with van der Waals surface area (Å²) >= 11 is 0. The highest BCUT2D eigenvalue weighted by Crippen LogP contribution is 2.30. The van der Waals surface area contributed by atoms with Gasteiger partial charge in [-0.25, -0.2) is 0 Å². The molecule has 1 aliphatic heterocycles. The molecule has 0 aliphatic carbocycles. The average Bonchev–Trinajstić information content (AvgIpc) is 2.76. The van der Waals surface area contributed by atoms with Gasteiger partial charge in [-0.15, -0.1) is 0 Å². The molecule has 0 bridgehead atoms. The van der Waals surface area contributed by atoms with Crippen LogP contribution >= 0.6 is 0 Å². The fourth-order valence-electron chi connectivity index (χ4n) is 3.26. The molecule has 0 amide bonds. The molecule has 0 N–H and O–H groups in total. The van der Waals surface area contributed by atoms with Gasteiger partial charge in [0.15, 0.2) is 24.1 Å². The minimum Gasteiger partial charge on any atom is -0.454 e. The Hall–Kier alpha value is -2.04. The molecule has 0 aromatic heterocycles. The van der Waals surface area contributed by atoms with Gasteiger partial charge in [0, 0.05) is 32.8 Å². The number of rotatable bonds is 15. The second-order valence-corrected chi connectivity index (χ2v) is 7.82. The lowest BCUT2D eigenvalue weighted by molar-refractivity contribution is -0.347. The molecule has 1 heterocycles. The van der Waals surface area contributed by atoms with Crippen LogP contribution in [0.2, 0.25) is 0 Å². The number of hydrogen-bond donors (Lipinski definition) is 0. The van der Waals surface area contributed by atoms with Crippen molar-refractivity contribution in [1.82, 2.24) is 0 Å². The smallest absolute Gasteiger partial charge is 0.306 e. The molecular formula is C23H38O10. The molecular weight excluding hydrogens is 436 g/mol. The van der Waals surface area contributed by atoms with Crippen LogP contribution in [0.15, 0.2) is 0 Å². The molecule has 1 fully saturated rings. The highest BCUT2D eigenvalue weighted by Gasteiger charge is 2.53. The Bertz CT molecular complexity index is 635. The number of ketones is 1. The lowest BCUT2D eigenvalue weighted by Gasteiger charge is -2.43. The SMILES string of the molecule is CCCC(=O)CO[C@H]1O[C@@H](OC)[C@H](OC(=O)CCC)[C@@H](OC(=O)CCC)[C@H]1OC(=O)CCC. The lowest BCUT2D eigenvalue weighted by Crippen LogP contribution is -2.62. The standard InChI is InChI=1S/C23H38O10/c1-6-10-15(24)14-29-23-21(32-18(27)13-9-4)19(30-16(25)11-7-2)20(22(28-5)33-23)31-17(26)12-8-3/h19-23H,6-14H2,1-5H3/t19-,20-,21-,22-,23+/m1/s1. The van der Waals surface area contributed by atoms with Crippen molar-refractivity contribution >= 4 is 23.7 Å². The first-order valence-electron chi connectivity index (χ1n) is 11.7. The van der Waals surface area contributed by atoms with Crippen molar-refractivity contribution in [2.75, 3.05) is 13.7 Å². The summed E-state index contributed by atoms with van der Waals surface area (Å²) in [6, 6.07) is 0. The average molecular weight is 475 g/mol. The van der Waals surface area contributed by atoms with Crippen LogP contribution in [0.3, 0.4) is 0 Å². The first-order chi connectivity index (χ1) is 15.8. The number of carbonyl (C=O) groups is 4. The minimum absolute atomic E-state index is 0.112. The van der Waals surface area contributed by atoms with Gasteiger partial charge in [0.05, 0.1) is 0 Å². The molecule has 0 radical (unpaired) electrons. The zero-order valence-corrected chi connectivity index (χ0v) is 20.3. The van der Waals surface area contributed by atoms with Gasteiger partial charge in [-0.3, -0.25) is 19.2 Å². The van der Waals surface area contributed by atoms with Gasteiger partial charge in [0.2, 0.25) is 12.6 Å². The summed E-state index contributed by atoms with van der Waals surface area (Å²) in [6.07, 6.45) is -3.20. The van der Waals surface area contributed by atoms with Gasteiger partial charge < -0.3 is 28.4 Å². The summed E-state index contributed by atoms with van der Waals surface area (Å²) in [5, 5.41) is 0. The first kappa shape index (κ1) is 29.0. The monoisotopic (exact) mass is 474 g/mol. The maximum absolute atomic E-state index is 12.4. The third-order valence-electron chi connectivity index (χ3n) is 4.79. The van der Waals surface area contributed by atoms with Gasteiger partial charge >= 0.3 is 17.9 Å². The molecule has 0 spiro atoms. The van der Waals surface area contributed by atoms with Crippen molar-refractivity contribution in [3.8, 4) is 0 Å². The molecule has 0 saturated carbocycles. The molecule has 1 rings (SSSR count). The number of Topliss-reactive ketones (excluding diaryl/α,β-unsaturated/α-hetero) is 1. The van der Waals surface area contributed by atoms with Crippen LogP contribution in [-0.2, 0) is 47.6 Å². The van der Waals surface area contributed by atoms with Gasteiger partial charge in [0.1, 0.15) is 6.61 Å². The Kier molecular flexibility index (Phi) is 13.8. The molecule has 5 atom stereocenters. The van der Waals surface area contributed by atoms with Crippen molar-refractivity contribution in [3.05, 3.63) is 0 Å². The molecule has 1 saturated heterocycles. The van der Waals surface area contributed by atoms with Gasteiger partial charge in [-0.1, -0.05) is 27.7 Å². The van der Waals surface area contributed by atoms with E-state index in [1.54, 1.807) is 0 Å². The maximum atomic E-state index is 12.4. The van der Waals surface area contributed by atoms with Crippen LogP contribution in [0.4, 0.5) is 0 Å². The van der Waals surface area contributed by atoms with E-state index in [0.29, 0.717) is 32.1 Å². The molecule has 0 unspecified atom stereocenters. The van der Waals surface area contributed by atoms with Gasteiger partial charge in [-0.2, -0.15) is 0 Å². The van der Waals surface area contributed by atoms with E-state index in [-0.39, 0.29) is 31.7 Å². The molecule has 33 heavy (non-hydrogen) atoms. The number of carbonyl (C=O) groups excluding carboxylic acids is 4. The summed E-state index contributed by atoms with van der Waals surface area (Å²) in [5.74, 6) is -1.83. The third-order valence-corrected chi connectivity index (χ3v) is 4.79. The number of methoxy groups -OCH3 is 1. The van der Waals surface area contributed by atoms with Crippen LogP contribution in [-0.4, -0.2) is 68.3 Å². The number of hydrogen-bond acceptors (Lipinski definition) is 10. The fraction of sp³-hybridized carbons (Fsp3) is 0.826. The Morgan fingerprint density at radius 2 is 1.06 bits per heavy atom. The topological polar surface area (TPSA) is 124 Å². The molecule has 1 aliphatic rings. The normalized spacial score (nSPS) is 24.7. The highest BCUT2D eigenvalue weighted by atomic mass is 16.8. The molecule has 0 aromatic carbocycles. The Morgan fingerprint density at radius 1 is 0.636 bits per heavy atom. The van der Waals surface area contributed by atoms with Crippen molar-refractivity contribution in [2.45, 2.75) is 110 Å². The van der Waals surface area contributed by atoms with Crippen LogP contribution in [0.1, 0.15) is 79.1 Å². The summed E-state index contributed by atoms with van der Waals surface area (Å²) in [7, 11) is 1.33. The zero-order chi connectivity index (χ0) is 24.8. The van der Waals surface area contributed by atoms with E-state index < -0.39 is 48.8 Å². The lowest BCUT2D eigenvalue weighted by atomic mass is 10.0. The van der Waals surface area contributed by atoms with E-state index in [0.717, 1.165) is 0 Å². The van der Waals surface area contributed by atoms with Crippen LogP contribution in [0.5, 0.6) is 0 Å². The van der Waals surface area contributed by atoms with E-state index in [9.17, 15) is 19.2 Å². The van der Waals surface area contributed by atoms with Crippen LogP contribution in [0.25, 0.3) is 0 Å². The maximum Gasteiger partial charge on any atom is 0.306 e. The van der Waals surface area contributed by atoms with E-state index in [2.05, 4.69) is 0 Å². The summed E-state index contributed by atoms with van der Waals surface area (Å²) < 4.78 is 33.5. The van der Waals surface area contributed by atoms with Crippen LogP contribution in [0, 0.1) is 0 Å². The van der Waals surface area contributed by atoms with Gasteiger partial charge in [0.25, 0.3) is 0 Å². The third kappa shape index (κ3) is 9.77. The number of esters is 3. The Labute approximate surface area is 195 Å². The van der Waals surface area contributed by atoms with Crippen molar-refractivity contribution in [2.24, 2.45) is 0 Å². The van der Waals surface area contributed by atoms with Gasteiger partial charge in [-0.05, 0) is 25.7 Å². The van der Waals surface area contributed by atoms with E-state index >= 15 is 0 Å². The van der Waals surface area contributed by atoms with Crippen molar-refractivity contribution < 1.29 is 47.6 Å². The first-order valence-corrected chi connectivity index (χ1v) is 11.7. The predicted octanol–water partition coefficient (Wildman–Crippen LogP) is 2.84. The quantitative estimate of drug-likeness (QED) is 0.258. The minimum atomic E-state index is -1.27. The molecule has 10 heteroatoms. The summed E-state index contributed by atoms with van der Waals surface area (Å²) in [4.78, 5) is 49.0. The van der Waals surface area contributed by atoms with Crippen molar-refractivity contribution in [3.63, 3.8) is 0 Å². The molecule has 10 nitrogen and oxygen atoms in total. The second kappa shape index (κ2) is 15.7. The van der Waals surface area contributed by atoms with E-state index in [4.69, 9.17) is 28.4 Å². The van der Waals surface area contributed by atoms with E-state index in [1.165, 1.54) is 7.11 Å². The second-order valence-electron chi connectivity index (χ2n) is 7.82. The van der Waals surface area contributed by atoms with E-state index in [1.807, 2.05) is 27.7 Å². The largest absolute Gasteiger partial charge is 0.454 e. The molecule has 0 aromatic rings. The Morgan fingerprint density at radius 3 is 1.48 bits per heavy atom. The fourth-order valence-corrected chi connectivity index (χ4v) is 3.26.